The van der Waals surface area contributed by atoms with Gasteiger partial charge in [-0.3, -0.25) is 14.9 Å². The zero-order chi connectivity index (χ0) is 22.0. The van der Waals surface area contributed by atoms with E-state index in [1.54, 1.807) is 36.0 Å². The second-order valence-corrected chi connectivity index (χ2v) is 9.23. The Hall–Kier alpha value is -2.97. The Balaban J connectivity index is 1.65. The van der Waals surface area contributed by atoms with E-state index >= 15 is 0 Å². The zero-order valence-electron chi connectivity index (χ0n) is 17.5. The second-order valence-electron chi connectivity index (χ2n) is 7.50. The van der Waals surface area contributed by atoms with E-state index in [1.165, 1.54) is 20.9 Å². The molecule has 0 bridgehead atoms. The Morgan fingerprint density at radius 2 is 1.84 bits per heavy atom. The molecule has 0 saturated heterocycles. The SMILES string of the molecule is CSc1ccc(-c2csc(NC(=O)c3nn(CC(C)C)c(=O)c4ccccc34)n2)cc1. The van der Waals surface area contributed by atoms with Crippen LogP contribution in [0.25, 0.3) is 22.0 Å². The van der Waals surface area contributed by atoms with Crippen molar-refractivity contribution in [1.82, 2.24) is 14.8 Å². The van der Waals surface area contributed by atoms with Crippen LogP contribution in [0.4, 0.5) is 5.13 Å². The molecule has 0 fully saturated rings. The molecule has 6 nitrogen and oxygen atoms in total. The molecule has 0 aliphatic rings. The largest absolute Gasteiger partial charge is 0.296 e. The van der Waals surface area contributed by atoms with Gasteiger partial charge in [0.15, 0.2) is 10.8 Å². The molecule has 0 aliphatic heterocycles. The summed E-state index contributed by atoms with van der Waals surface area (Å²) in [5, 5.41) is 10.7. The first kappa shape index (κ1) is 21.3. The predicted molar refractivity (Wildman–Crippen MR) is 128 cm³/mol. The van der Waals surface area contributed by atoms with Gasteiger partial charge in [-0.2, -0.15) is 5.10 Å². The second kappa shape index (κ2) is 9.03. The number of nitrogens with zero attached hydrogens (tertiary/aromatic N) is 3. The summed E-state index contributed by atoms with van der Waals surface area (Å²) in [4.78, 5) is 31.6. The van der Waals surface area contributed by atoms with Crippen LogP contribution in [0.1, 0.15) is 24.3 Å². The quantitative estimate of drug-likeness (QED) is 0.411. The summed E-state index contributed by atoms with van der Waals surface area (Å²) in [6.07, 6.45) is 2.04. The molecule has 8 heteroatoms. The van der Waals surface area contributed by atoms with Crippen molar-refractivity contribution in [3.63, 3.8) is 0 Å². The maximum atomic E-state index is 13.1. The highest BCUT2D eigenvalue weighted by Gasteiger charge is 2.18. The minimum atomic E-state index is -0.382. The standard InChI is InChI=1S/C23H22N4O2S2/c1-14(2)12-27-22(29)18-7-5-4-6-17(18)20(26-27)21(28)25-23-24-19(13-31-23)15-8-10-16(30-3)11-9-15/h4-11,13-14H,12H2,1-3H3,(H,24,25,28). The van der Waals surface area contributed by atoms with Crippen LogP contribution in [0, 0.1) is 5.92 Å². The van der Waals surface area contributed by atoms with Gasteiger partial charge in [-0.1, -0.05) is 44.2 Å². The first-order valence-electron chi connectivity index (χ1n) is 9.87. The number of rotatable bonds is 6. The van der Waals surface area contributed by atoms with E-state index in [4.69, 9.17) is 0 Å². The van der Waals surface area contributed by atoms with Crippen LogP contribution in [0.5, 0.6) is 0 Å². The molecule has 158 valence electrons. The number of amides is 1. The number of carbonyl (C=O) groups is 1. The monoisotopic (exact) mass is 450 g/mol. The van der Waals surface area contributed by atoms with E-state index in [1.807, 2.05) is 49.7 Å². The molecule has 0 radical (unpaired) electrons. The number of nitrogens with one attached hydrogen (secondary N) is 1. The van der Waals surface area contributed by atoms with Gasteiger partial charge in [0.2, 0.25) is 0 Å². The van der Waals surface area contributed by atoms with Crippen LogP contribution in [-0.4, -0.2) is 26.9 Å². The van der Waals surface area contributed by atoms with E-state index in [0.717, 1.165) is 11.3 Å². The third-order valence-electron chi connectivity index (χ3n) is 4.73. The molecule has 2 aromatic heterocycles. The first-order valence-corrected chi connectivity index (χ1v) is 12.0. The third kappa shape index (κ3) is 4.55. The summed E-state index contributed by atoms with van der Waals surface area (Å²) < 4.78 is 1.38. The summed E-state index contributed by atoms with van der Waals surface area (Å²) in [5.41, 5.74) is 1.82. The third-order valence-corrected chi connectivity index (χ3v) is 6.23. The van der Waals surface area contributed by atoms with Crippen LogP contribution in [0.15, 0.2) is 63.6 Å². The molecular weight excluding hydrogens is 428 g/mol. The molecule has 31 heavy (non-hydrogen) atoms. The zero-order valence-corrected chi connectivity index (χ0v) is 19.1. The van der Waals surface area contributed by atoms with E-state index in [2.05, 4.69) is 15.4 Å². The van der Waals surface area contributed by atoms with Gasteiger partial charge < -0.3 is 0 Å². The van der Waals surface area contributed by atoms with E-state index in [9.17, 15) is 9.59 Å². The van der Waals surface area contributed by atoms with Gasteiger partial charge >= 0.3 is 0 Å². The van der Waals surface area contributed by atoms with Gasteiger partial charge in [0.25, 0.3) is 11.5 Å². The van der Waals surface area contributed by atoms with Crippen molar-refractivity contribution in [2.24, 2.45) is 5.92 Å². The molecule has 1 N–H and O–H groups in total. The molecule has 0 aliphatic carbocycles. The molecule has 2 heterocycles. The molecular formula is C23H22N4O2S2. The Morgan fingerprint density at radius 1 is 1.13 bits per heavy atom. The molecule has 4 rings (SSSR count). The molecule has 1 amide bonds. The topological polar surface area (TPSA) is 76.9 Å². The lowest BCUT2D eigenvalue weighted by Crippen LogP contribution is -2.29. The molecule has 2 aromatic carbocycles. The minimum Gasteiger partial charge on any atom is -0.296 e. The highest BCUT2D eigenvalue weighted by atomic mass is 32.2. The molecule has 0 unspecified atom stereocenters. The number of carbonyl (C=O) groups excluding carboxylic acids is 1. The summed E-state index contributed by atoms with van der Waals surface area (Å²) in [5.74, 6) is -0.159. The van der Waals surface area contributed by atoms with Crippen molar-refractivity contribution >= 4 is 44.9 Å². The van der Waals surface area contributed by atoms with Gasteiger partial charge in [0.1, 0.15) is 0 Å². The van der Waals surface area contributed by atoms with Crippen molar-refractivity contribution in [1.29, 1.82) is 0 Å². The molecule has 4 aromatic rings. The number of hydrogen-bond acceptors (Lipinski definition) is 6. The summed E-state index contributed by atoms with van der Waals surface area (Å²) >= 11 is 3.04. The Morgan fingerprint density at radius 3 is 2.52 bits per heavy atom. The molecule has 0 saturated carbocycles. The van der Waals surface area contributed by atoms with Gasteiger partial charge in [-0.05, 0) is 30.4 Å². The Labute approximate surface area is 188 Å². The number of hydrogen-bond donors (Lipinski definition) is 1. The summed E-state index contributed by atoms with van der Waals surface area (Å²) in [6.45, 7) is 4.45. The van der Waals surface area contributed by atoms with Crippen LogP contribution >= 0.6 is 23.1 Å². The van der Waals surface area contributed by atoms with Gasteiger partial charge in [-0.25, -0.2) is 9.67 Å². The Bertz CT molecular complexity index is 1290. The molecule has 0 spiro atoms. The minimum absolute atomic E-state index is 0.189. The van der Waals surface area contributed by atoms with Crippen molar-refractivity contribution in [2.45, 2.75) is 25.3 Å². The maximum Gasteiger partial charge on any atom is 0.278 e. The van der Waals surface area contributed by atoms with Crippen LogP contribution < -0.4 is 10.9 Å². The average Bonchev–Trinajstić information content (AvgIpc) is 3.24. The molecule has 0 atom stereocenters. The van der Waals surface area contributed by atoms with Gasteiger partial charge in [-0.15, -0.1) is 23.1 Å². The van der Waals surface area contributed by atoms with Crippen LogP contribution in [0.2, 0.25) is 0 Å². The first-order chi connectivity index (χ1) is 15.0. The van der Waals surface area contributed by atoms with E-state index in [-0.39, 0.29) is 23.1 Å². The van der Waals surface area contributed by atoms with Crippen LogP contribution in [0.3, 0.4) is 0 Å². The fourth-order valence-corrected chi connectivity index (χ4v) is 4.38. The van der Waals surface area contributed by atoms with Gasteiger partial charge in [0, 0.05) is 27.8 Å². The number of thioether (sulfide) groups is 1. The van der Waals surface area contributed by atoms with Crippen molar-refractivity contribution in [3.8, 4) is 11.3 Å². The predicted octanol–water partition coefficient (Wildman–Crippen LogP) is 5.15. The maximum absolute atomic E-state index is 13.1. The lowest BCUT2D eigenvalue weighted by Gasteiger charge is -2.12. The summed E-state index contributed by atoms with van der Waals surface area (Å²) in [7, 11) is 0. The Kier molecular flexibility index (Phi) is 6.20. The van der Waals surface area contributed by atoms with E-state index < -0.39 is 0 Å². The highest BCUT2D eigenvalue weighted by molar-refractivity contribution is 7.98. The fourth-order valence-electron chi connectivity index (χ4n) is 3.25. The van der Waals surface area contributed by atoms with Crippen molar-refractivity contribution < 1.29 is 4.79 Å². The smallest absolute Gasteiger partial charge is 0.278 e. The average molecular weight is 451 g/mol. The van der Waals surface area contributed by atoms with E-state index in [0.29, 0.717) is 22.4 Å². The number of anilines is 1. The number of benzene rings is 2. The van der Waals surface area contributed by atoms with Crippen molar-refractivity contribution in [2.75, 3.05) is 11.6 Å². The lowest BCUT2D eigenvalue weighted by atomic mass is 10.1. The lowest BCUT2D eigenvalue weighted by molar-refractivity contribution is 0.102. The normalized spacial score (nSPS) is 11.2. The van der Waals surface area contributed by atoms with Crippen LogP contribution in [-0.2, 0) is 6.54 Å². The number of aromatic nitrogens is 3. The van der Waals surface area contributed by atoms with Crippen molar-refractivity contribution in [3.05, 3.63) is 70.0 Å². The number of fused-ring (bicyclic) bond motifs is 1. The summed E-state index contributed by atoms with van der Waals surface area (Å²) in [6, 6.07) is 15.2. The number of thiazole rings is 1. The fraction of sp³-hybridized carbons (Fsp3) is 0.217. The highest BCUT2D eigenvalue weighted by Crippen LogP contribution is 2.27. The van der Waals surface area contributed by atoms with Gasteiger partial charge in [0.05, 0.1) is 11.1 Å².